The van der Waals surface area contributed by atoms with Gasteiger partial charge in [0.15, 0.2) is 5.16 Å². The van der Waals surface area contributed by atoms with Gasteiger partial charge in [-0.25, -0.2) is 9.97 Å². The van der Waals surface area contributed by atoms with E-state index in [1.807, 2.05) is 6.07 Å². The van der Waals surface area contributed by atoms with Crippen molar-refractivity contribution >= 4 is 23.5 Å². The molecule has 0 fully saturated rings. The number of carbonyl (C=O) groups is 1. The fraction of sp³-hybridized carbons (Fsp3) is 0.400. The van der Waals surface area contributed by atoms with Crippen LogP contribution >= 0.6 is 11.8 Å². The summed E-state index contributed by atoms with van der Waals surface area (Å²) in [5, 5.41) is 12.3. The highest BCUT2D eigenvalue weighted by atomic mass is 32.2. The summed E-state index contributed by atoms with van der Waals surface area (Å²) in [6.45, 7) is 8.48. The van der Waals surface area contributed by atoms with Crippen LogP contribution in [0.2, 0.25) is 0 Å². The van der Waals surface area contributed by atoms with Gasteiger partial charge in [0.25, 0.3) is 0 Å². The minimum absolute atomic E-state index is 0.0636. The second-order valence-electron chi connectivity index (χ2n) is 6.96. The quantitative estimate of drug-likeness (QED) is 0.558. The number of thioether (sulfide) groups is 1. The lowest BCUT2D eigenvalue weighted by molar-refractivity contribution is -0.119. The number of nitrogens with zero attached hydrogens (tertiary/aromatic N) is 3. The van der Waals surface area contributed by atoms with Crippen molar-refractivity contribution in [1.29, 1.82) is 5.26 Å². The van der Waals surface area contributed by atoms with Gasteiger partial charge >= 0.3 is 0 Å². The molecule has 0 radical (unpaired) electrons. The fourth-order valence-corrected chi connectivity index (χ4v) is 3.24. The summed E-state index contributed by atoms with van der Waals surface area (Å²) >= 11 is 1.19. The van der Waals surface area contributed by atoms with Crippen molar-refractivity contribution in [3.8, 4) is 6.07 Å². The Hall–Kier alpha value is -2.59. The monoisotopic (exact) mass is 383 g/mol. The van der Waals surface area contributed by atoms with Gasteiger partial charge in [-0.05, 0) is 23.0 Å². The van der Waals surface area contributed by atoms with E-state index in [2.05, 4.69) is 67.2 Å². The average molecular weight is 384 g/mol. The fourth-order valence-electron chi connectivity index (χ4n) is 2.60. The molecule has 2 rings (SSSR count). The molecule has 1 amide bonds. The summed E-state index contributed by atoms with van der Waals surface area (Å²) in [5.41, 5.74) is 8.28. The van der Waals surface area contributed by atoms with Crippen LogP contribution in [0.25, 0.3) is 0 Å². The second kappa shape index (κ2) is 9.38. The number of hydrogen-bond acceptors (Lipinski definition) is 6. The molecule has 7 heteroatoms. The highest BCUT2D eigenvalue weighted by Crippen LogP contribution is 2.24. The van der Waals surface area contributed by atoms with Crippen LogP contribution in [0.5, 0.6) is 0 Å². The van der Waals surface area contributed by atoms with Gasteiger partial charge in [0.05, 0.1) is 18.0 Å². The lowest BCUT2D eigenvalue weighted by atomic mass is 9.93. The van der Waals surface area contributed by atoms with Crippen molar-refractivity contribution in [1.82, 2.24) is 15.3 Å². The number of nitrogen functional groups attached to an aromatic ring is 1. The van der Waals surface area contributed by atoms with Gasteiger partial charge in [-0.1, -0.05) is 63.7 Å². The number of anilines is 1. The maximum atomic E-state index is 12.4. The molecule has 142 valence electrons. The number of benzene rings is 1. The highest BCUT2D eigenvalue weighted by molar-refractivity contribution is 7.99. The van der Waals surface area contributed by atoms with Crippen molar-refractivity contribution in [2.45, 2.75) is 44.8 Å². The van der Waals surface area contributed by atoms with Crippen LogP contribution in [0.1, 0.15) is 56.3 Å². The molecule has 3 N–H and O–H groups in total. The first-order chi connectivity index (χ1) is 12.8. The highest BCUT2D eigenvalue weighted by Gasteiger charge is 2.19. The normalized spacial score (nSPS) is 12.0. The molecule has 1 heterocycles. The predicted molar refractivity (Wildman–Crippen MR) is 108 cm³/mol. The van der Waals surface area contributed by atoms with Gasteiger partial charge in [-0.15, -0.1) is 0 Å². The molecule has 0 unspecified atom stereocenters. The topological polar surface area (TPSA) is 105 Å². The van der Waals surface area contributed by atoms with E-state index in [0.29, 0.717) is 11.1 Å². The summed E-state index contributed by atoms with van der Waals surface area (Å²) in [5.74, 6) is 0.936. The molecule has 1 aromatic heterocycles. The number of hydrogen-bond donors (Lipinski definition) is 2. The first-order valence-electron chi connectivity index (χ1n) is 8.86. The Morgan fingerprint density at radius 2 is 1.85 bits per heavy atom. The smallest absolute Gasteiger partial charge is 0.230 e. The molecule has 0 aliphatic heterocycles. The van der Waals surface area contributed by atoms with Crippen LogP contribution in [0, 0.1) is 17.2 Å². The van der Waals surface area contributed by atoms with Crippen LogP contribution in [0.15, 0.2) is 35.6 Å². The number of nitriles is 1. The number of rotatable bonds is 7. The van der Waals surface area contributed by atoms with E-state index >= 15 is 0 Å². The maximum Gasteiger partial charge on any atom is 0.230 e. The number of nitrogens with two attached hydrogens (primary N) is 1. The molecule has 0 spiro atoms. The second-order valence-corrected chi connectivity index (χ2v) is 7.91. The summed E-state index contributed by atoms with van der Waals surface area (Å²) in [6.07, 6.45) is 1.37. The zero-order valence-corrected chi connectivity index (χ0v) is 16.9. The molecule has 1 aromatic carbocycles. The van der Waals surface area contributed by atoms with Crippen molar-refractivity contribution in [3.63, 3.8) is 0 Å². The number of amides is 1. The Morgan fingerprint density at radius 1 is 1.22 bits per heavy atom. The zero-order chi connectivity index (χ0) is 20.0. The third kappa shape index (κ3) is 5.69. The van der Waals surface area contributed by atoms with Gasteiger partial charge in [-0.2, -0.15) is 5.26 Å². The minimum atomic E-state index is -0.0989. The van der Waals surface area contributed by atoms with Crippen LogP contribution in [0.3, 0.4) is 0 Å². The van der Waals surface area contributed by atoms with E-state index in [1.165, 1.54) is 23.5 Å². The van der Waals surface area contributed by atoms with E-state index in [-0.39, 0.29) is 35.0 Å². The Bertz CT molecular complexity index is 827. The molecule has 0 aliphatic rings. The summed E-state index contributed by atoms with van der Waals surface area (Å²) in [4.78, 5) is 20.5. The Balaban J connectivity index is 2.00. The summed E-state index contributed by atoms with van der Waals surface area (Å²) in [7, 11) is 0. The predicted octanol–water partition coefficient (Wildman–Crippen LogP) is 3.66. The summed E-state index contributed by atoms with van der Waals surface area (Å²) < 4.78 is 0. The SMILES string of the molecule is CC(C)c1ccc([C@@H](NC(=O)CSc2ncc(C#N)c(N)n2)C(C)C)cc1. The largest absolute Gasteiger partial charge is 0.382 e. The van der Waals surface area contributed by atoms with Crippen molar-refractivity contribution in [2.75, 3.05) is 11.5 Å². The van der Waals surface area contributed by atoms with E-state index in [1.54, 1.807) is 0 Å². The molecule has 27 heavy (non-hydrogen) atoms. The van der Waals surface area contributed by atoms with E-state index in [9.17, 15) is 4.79 Å². The van der Waals surface area contributed by atoms with Gasteiger partial charge in [0.1, 0.15) is 17.5 Å². The maximum absolute atomic E-state index is 12.4. The Kier molecular flexibility index (Phi) is 7.19. The molecule has 0 aliphatic carbocycles. The van der Waals surface area contributed by atoms with Crippen molar-refractivity contribution in [3.05, 3.63) is 47.2 Å². The first kappa shape index (κ1) is 20.7. The Morgan fingerprint density at radius 3 is 2.37 bits per heavy atom. The molecule has 1 atom stereocenters. The van der Waals surface area contributed by atoms with Gasteiger partial charge in [-0.3, -0.25) is 4.79 Å². The molecule has 2 aromatic rings. The average Bonchev–Trinajstić information content (AvgIpc) is 2.64. The van der Waals surface area contributed by atoms with E-state index in [0.717, 1.165) is 5.56 Å². The molecule has 0 bridgehead atoms. The number of carbonyl (C=O) groups excluding carboxylic acids is 1. The van der Waals surface area contributed by atoms with E-state index in [4.69, 9.17) is 11.0 Å². The van der Waals surface area contributed by atoms with Gasteiger partial charge in [0.2, 0.25) is 5.91 Å². The zero-order valence-electron chi connectivity index (χ0n) is 16.1. The molecule has 6 nitrogen and oxygen atoms in total. The van der Waals surface area contributed by atoms with Crippen LogP contribution in [-0.2, 0) is 4.79 Å². The molecular weight excluding hydrogens is 358 g/mol. The third-order valence-corrected chi connectivity index (χ3v) is 5.06. The minimum Gasteiger partial charge on any atom is -0.382 e. The number of nitrogens with one attached hydrogen (secondary N) is 1. The summed E-state index contributed by atoms with van der Waals surface area (Å²) in [6, 6.07) is 10.2. The lowest BCUT2D eigenvalue weighted by Gasteiger charge is -2.23. The molecule has 0 saturated carbocycles. The van der Waals surface area contributed by atoms with E-state index < -0.39 is 0 Å². The molecular formula is C20H25N5OS. The van der Waals surface area contributed by atoms with Crippen LogP contribution < -0.4 is 11.1 Å². The lowest BCUT2D eigenvalue weighted by Crippen LogP contribution is -2.33. The Labute approximate surface area is 164 Å². The first-order valence-corrected chi connectivity index (χ1v) is 9.85. The van der Waals surface area contributed by atoms with Crippen LogP contribution in [0.4, 0.5) is 5.82 Å². The third-order valence-electron chi connectivity index (χ3n) is 4.19. The van der Waals surface area contributed by atoms with Crippen molar-refractivity contribution in [2.24, 2.45) is 5.92 Å². The van der Waals surface area contributed by atoms with Gasteiger partial charge < -0.3 is 11.1 Å². The van der Waals surface area contributed by atoms with Crippen LogP contribution in [-0.4, -0.2) is 21.6 Å². The van der Waals surface area contributed by atoms with Crippen molar-refractivity contribution < 1.29 is 4.79 Å². The standard InChI is InChI=1S/C20H25N5OS/c1-12(2)14-5-7-15(8-6-14)18(13(3)4)24-17(26)11-27-20-23-10-16(9-21)19(22)25-20/h5-8,10,12-13,18H,11H2,1-4H3,(H,24,26)(H2,22,23,25)/t18-/m0/s1. The number of aromatic nitrogens is 2. The molecule has 0 saturated heterocycles. The van der Waals surface area contributed by atoms with Gasteiger partial charge in [0, 0.05) is 0 Å².